The van der Waals surface area contributed by atoms with Crippen LogP contribution in [0.25, 0.3) is 0 Å². The topological polar surface area (TPSA) is 96.5 Å². The first-order chi connectivity index (χ1) is 12.3. The second-order valence-corrected chi connectivity index (χ2v) is 6.46. The summed E-state index contributed by atoms with van der Waals surface area (Å²) in [5.41, 5.74) is 0.767. The van der Waals surface area contributed by atoms with Gasteiger partial charge in [0.25, 0.3) is 11.8 Å². The maximum absolute atomic E-state index is 12.6. The molecule has 0 saturated heterocycles. The quantitative estimate of drug-likeness (QED) is 0.790. The van der Waals surface area contributed by atoms with Crippen molar-refractivity contribution >= 4 is 34.8 Å². The lowest BCUT2D eigenvalue weighted by Gasteiger charge is -2.32. The minimum atomic E-state index is -0.984. The molecule has 1 aliphatic rings. The van der Waals surface area contributed by atoms with Gasteiger partial charge in [-0.05, 0) is 44.2 Å². The molecule has 0 bridgehead atoms. The zero-order valence-corrected chi connectivity index (χ0v) is 14.7. The first-order valence-electron chi connectivity index (χ1n) is 8.09. The summed E-state index contributed by atoms with van der Waals surface area (Å²) in [5.74, 6) is -0.398. The summed E-state index contributed by atoms with van der Waals surface area (Å²) in [5, 5.41) is 8.18. The zero-order valence-electron chi connectivity index (χ0n) is 14.7. The summed E-state index contributed by atoms with van der Waals surface area (Å²) < 4.78 is 5.71. The largest absolute Gasteiger partial charge is 0.476 e. The Morgan fingerprint density at radius 1 is 1.08 bits per heavy atom. The number of para-hydroxylation sites is 1. The van der Waals surface area contributed by atoms with Crippen molar-refractivity contribution in [1.29, 1.82) is 0 Å². The van der Waals surface area contributed by atoms with E-state index in [9.17, 15) is 14.4 Å². The summed E-state index contributed by atoms with van der Waals surface area (Å²) in [7, 11) is 0. The first-order valence-corrected chi connectivity index (χ1v) is 8.09. The predicted molar refractivity (Wildman–Crippen MR) is 98.5 cm³/mol. The molecule has 2 aromatic carbocycles. The molecule has 0 atom stereocenters. The molecule has 3 rings (SSSR count). The van der Waals surface area contributed by atoms with Gasteiger partial charge in [-0.3, -0.25) is 14.4 Å². The molecule has 2 aromatic rings. The SMILES string of the molecule is CC(=O)Nc1cccc(C(=O)Nc2cccc3c2NC(=O)C(C)(C)O3)c1. The van der Waals surface area contributed by atoms with Crippen molar-refractivity contribution in [2.45, 2.75) is 26.4 Å². The normalized spacial score (nSPS) is 14.5. The lowest BCUT2D eigenvalue weighted by Crippen LogP contribution is -2.45. The molecule has 3 N–H and O–H groups in total. The standard InChI is InChI=1S/C19H19N3O4/c1-11(23)20-13-7-4-6-12(10-13)17(24)21-14-8-5-9-15-16(14)22-18(25)19(2,3)26-15/h4-10H,1-3H3,(H,20,23)(H,21,24)(H,22,25). The molecule has 0 saturated carbocycles. The maximum Gasteiger partial charge on any atom is 0.268 e. The van der Waals surface area contributed by atoms with E-state index in [1.165, 1.54) is 6.92 Å². The van der Waals surface area contributed by atoms with Crippen LogP contribution in [0.15, 0.2) is 42.5 Å². The van der Waals surface area contributed by atoms with Gasteiger partial charge in [0.2, 0.25) is 5.91 Å². The van der Waals surface area contributed by atoms with Gasteiger partial charge in [0, 0.05) is 18.2 Å². The van der Waals surface area contributed by atoms with E-state index in [1.54, 1.807) is 56.3 Å². The molecule has 0 unspecified atom stereocenters. The fraction of sp³-hybridized carbons (Fsp3) is 0.211. The van der Waals surface area contributed by atoms with Crippen LogP contribution in [0.2, 0.25) is 0 Å². The molecule has 1 heterocycles. The third kappa shape index (κ3) is 3.51. The fourth-order valence-corrected chi connectivity index (χ4v) is 2.57. The van der Waals surface area contributed by atoms with Crippen LogP contribution in [-0.2, 0) is 9.59 Å². The Morgan fingerprint density at radius 3 is 2.54 bits per heavy atom. The maximum atomic E-state index is 12.6. The molecule has 134 valence electrons. The molecule has 0 radical (unpaired) electrons. The number of ether oxygens (including phenoxy) is 1. The van der Waals surface area contributed by atoms with Crippen LogP contribution in [-0.4, -0.2) is 23.3 Å². The minimum Gasteiger partial charge on any atom is -0.476 e. The van der Waals surface area contributed by atoms with Crippen molar-refractivity contribution in [2.24, 2.45) is 0 Å². The van der Waals surface area contributed by atoms with E-state index >= 15 is 0 Å². The van der Waals surface area contributed by atoms with E-state index in [-0.39, 0.29) is 17.7 Å². The van der Waals surface area contributed by atoms with E-state index < -0.39 is 5.60 Å². The molecule has 0 spiro atoms. The molecule has 0 aliphatic carbocycles. The molecule has 7 nitrogen and oxygen atoms in total. The Kier molecular flexibility index (Phi) is 4.38. The lowest BCUT2D eigenvalue weighted by molar-refractivity contribution is -0.129. The van der Waals surface area contributed by atoms with Crippen LogP contribution in [0.1, 0.15) is 31.1 Å². The molecule has 0 aromatic heterocycles. The minimum absolute atomic E-state index is 0.220. The number of fused-ring (bicyclic) bond motifs is 1. The molecular formula is C19H19N3O4. The highest BCUT2D eigenvalue weighted by Crippen LogP contribution is 2.39. The summed E-state index contributed by atoms with van der Waals surface area (Å²) in [6.45, 7) is 4.74. The number of hydrogen-bond donors (Lipinski definition) is 3. The lowest BCUT2D eigenvalue weighted by atomic mass is 10.1. The first kappa shape index (κ1) is 17.5. The van der Waals surface area contributed by atoms with Crippen LogP contribution in [0.4, 0.5) is 17.1 Å². The number of rotatable bonds is 3. The van der Waals surface area contributed by atoms with E-state index in [4.69, 9.17) is 4.74 Å². The van der Waals surface area contributed by atoms with Crippen LogP contribution in [0.5, 0.6) is 5.75 Å². The number of hydrogen-bond acceptors (Lipinski definition) is 4. The van der Waals surface area contributed by atoms with Gasteiger partial charge in [-0.25, -0.2) is 0 Å². The third-order valence-electron chi connectivity index (χ3n) is 3.87. The number of amides is 3. The smallest absolute Gasteiger partial charge is 0.268 e. The highest BCUT2D eigenvalue weighted by molar-refractivity contribution is 6.10. The van der Waals surface area contributed by atoms with Crippen molar-refractivity contribution in [3.63, 3.8) is 0 Å². The van der Waals surface area contributed by atoms with Crippen LogP contribution < -0.4 is 20.7 Å². The highest BCUT2D eigenvalue weighted by atomic mass is 16.5. The van der Waals surface area contributed by atoms with Gasteiger partial charge in [-0.1, -0.05) is 12.1 Å². The number of carbonyl (C=O) groups is 3. The second-order valence-electron chi connectivity index (χ2n) is 6.46. The number of carbonyl (C=O) groups excluding carboxylic acids is 3. The summed E-state index contributed by atoms with van der Waals surface area (Å²) >= 11 is 0. The highest BCUT2D eigenvalue weighted by Gasteiger charge is 2.36. The molecule has 3 amide bonds. The molecular weight excluding hydrogens is 334 g/mol. The predicted octanol–water partition coefficient (Wildman–Crippen LogP) is 3.01. The van der Waals surface area contributed by atoms with Crippen molar-refractivity contribution in [2.75, 3.05) is 16.0 Å². The third-order valence-corrected chi connectivity index (χ3v) is 3.87. The summed E-state index contributed by atoms with van der Waals surface area (Å²) in [6, 6.07) is 11.7. The van der Waals surface area contributed by atoms with Gasteiger partial charge in [0.1, 0.15) is 11.4 Å². The number of anilines is 3. The summed E-state index contributed by atoms with van der Waals surface area (Å²) in [4.78, 5) is 35.9. The van der Waals surface area contributed by atoms with E-state index in [2.05, 4.69) is 16.0 Å². The zero-order chi connectivity index (χ0) is 18.9. The van der Waals surface area contributed by atoms with Gasteiger partial charge >= 0.3 is 0 Å². The van der Waals surface area contributed by atoms with Crippen molar-refractivity contribution < 1.29 is 19.1 Å². The Labute approximate surface area is 150 Å². The number of nitrogens with one attached hydrogen (secondary N) is 3. The van der Waals surface area contributed by atoms with E-state index in [1.807, 2.05) is 0 Å². The van der Waals surface area contributed by atoms with Crippen LogP contribution >= 0.6 is 0 Å². The Hall–Kier alpha value is -3.35. The van der Waals surface area contributed by atoms with Crippen LogP contribution in [0, 0.1) is 0 Å². The van der Waals surface area contributed by atoms with E-state index in [0.717, 1.165) is 0 Å². The van der Waals surface area contributed by atoms with Gasteiger partial charge < -0.3 is 20.7 Å². The Morgan fingerprint density at radius 2 is 1.81 bits per heavy atom. The van der Waals surface area contributed by atoms with Gasteiger partial charge in [-0.2, -0.15) is 0 Å². The van der Waals surface area contributed by atoms with Crippen molar-refractivity contribution in [1.82, 2.24) is 0 Å². The number of benzene rings is 2. The van der Waals surface area contributed by atoms with Gasteiger partial charge in [0.15, 0.2) is 5.60 Å². The Bertz CT molecular complexity index is 905. The van der Waals surface area contributed by atoms with E-state index in [0.29, 0.717) is 28.4 Å². The fourth-order valence-electron chi connectivity index (χ4n) is 2.57. The van der Waals surface area contributed by atoms with Crippen molar-refractivity contribution in [3.8, 4) is 5.75 Å². The molecule has 0 fully saturated rings. The molecule has 26 heavy (non-hydrogen) atoms. The second kappa shape index (κ2) is 6.51. The van der Waals surface area contributed by atoms with Crippen molar-refractivity contribution in [3.05, 3.63) is 48.0 Å². The van der Waals surface area contributed by atoms with Gasteiger partial charge in [0.05, 0.1) is 5.69 Å². The molecule has 7 heteroatoms. The summed E-state index contributed by atoms with van der Waals surface area (Å²) in [6.07, 6.45) is 0. The monoisotopic (exact) mass is 353 g/mol. The Balaban J connectivity index is 1.85. The van der Waals surface area contributed by atoms with Gasteiger partial charge in [-0.15, -0.1) is 0 Å². The molecule has 1 aliphatic heterocycles. The average Bonchev–Trinajstić information content (AvgIpc) is 2.56. The van der Waals surface area contributed by atoms with Crippen LogP contribution in [0.3, 0.4) is 0 Å². The average molecular weight is 353 g/mol.